The normalized spacial score (nSPS) is 15.7. The monoisotopic (exact) mass is 435 g/mol. The maximum absolute atomic E-state index is 13.8. The van der Waals surface area contributed by atoms with Crippen molar-refractivity contribution >= 4 is 33.0 Å². The highest BCUT2D eigenvalue weighted by atomic mass is 32.2. The second-order valence-electron chi connectivity index (χ2n) is 7.85. The summed E-state index contributed by atoms with van der Waals surface area (Å²) in [6.45, 7) is 3.37. The number of amides is 1. The molecule has 3 aromatic rings. The molecule has 0 bridgehead atoms. The first kappa shape index (κ1) is 20.9. The molecule has 0 saturated heterocycles. The van der Waals surface area contributed by atoms with Crippen LogP contribution >= 0.6 is 0 Å². The lowest BCUT2D eigenvalue weighted by Gasteiger charge is -2.31. The van der Waals surface area contributed by atoms with E-state index in [2.05, 4.69) is 0 Å². The second kappa shape index (κ2) is 7.74. The largest absolute Gasteiger partial charge is 0.378 e. The molecule has 0 radical (unpaired) electrons. The Morgan fingerprint density at radius 2 is 1.45 bits per heavy atom. The van der Waals surface area contributed by atoms with Gasteiger partial charge in [-0.3, -0.25) is 9.69 Å². The zero-order valence-corrected chi connectivity index (χ0v) is 18.8. The second-order valence-corrected chi connectivity index (χ2v) is 9.67. The van der Waals surface area contributed by atoms with Crippen molar-refractivity contribution in [2.24, 2.45) is 0 Å². The van der Waals surface area contributed by atoms with Gasteiger partial charge in [0.15, 0.2) is 0 Å². The quantitative estimate of drug-likeness (QED) is 0.612. The Balaban J connectivity index is 1.93. The van der Waals surface area contributed by atoms with Crippen molar-refractivity contribution in [2.45, 2.75) is 24.9 Å². The molecule has 160 valence electrons. The van der Waals surface area contributed by atoms with Crippen LogP contribution in [0.2, 0.25) is 0 Å². The van der Waals surface area contributed by atoms with Crippen molar-refractivity contribution in [3.63, 3.8) is 0 Å². The zero-order valence-electron chi connectivity index (χ0n) is 18.0. The SMILES string of the molecule is CC(=O)N1c2ccccc2N(S(=O)(=O)c2ccc(C)cc2)C1c1ccc(N(C)C)cc1. The minimum atomic E-state index is -3.93. The standard InChI is InChI=1S/C24H25N3O3S/c1-17-9-15-21(16-10-17)31(29,30)27-23-8-6-5-7-22(23)26(18(2)28)24(27)19-11-13-20(14-12-19)25(3)4/h5-16,24H,1-4H3. The van der Waals surface area contributed by atoms with Crippen molar-refractivity contribution in [2.75, 3.05) is 28.2 Å². The predicted octanol–water partition coefficient (Wildman–Crippen LogP) is 4.32. The number of benzene rings is 3. The van der Waals surface area contributed by atoms with E-state index >= 15 is 0 Å². The smallest absolute Gasteiger partial charge is 0.266 e. The van der Waals surface area contributed by atoms with Gasteiger partial charge in [-0.15, -0.1) is 0 Å². The summed E-state index contributed by atoms with van der Waals surface area (Å²) in [5, 5.41) is 0. The van der Waals surface area contributed by atoms with E-state index in [4.69, 9.17) is 0 Å². The van der Waals surface area contributed by atoms with Crippen molar-refractivity contribution in [3.05, 3.63) is 83.9 Å². The molecule has 6 nitrogen and oxygen atoms in total. The van der Waals surface area contributed by atoms with Crippen molar-refractivity contribution in [3.8, 4) is 0 Å². The van der Waals surface area contributed by atoms with Crippen LogP contribution in [0.1, 0.15) is 24.2 Å². The molecule has 1 aliphatic rings. The van der Waals surface area contributed by atoms with Gasteiger partial charge in [0.25, 0.3) is 10.0 Å². The van der Waals surface area contributed by atoms with Gasteiger partial charge in [-0.05, 0) is 48.9 Å². The highest BCUT2D eigenvalue weighted by Crippen LogP contribution is 2.49. The molecule has 1 heterocycles. The van der Waals surface area contributed by atoms with Gasteiger partial charge in [0.1, 0.15) is 6.17 Å². The fraction of sp³-hybridized carbons (Fsp3) is 0.208. The Morgan fingerprint density at radius 3 is 2.00 bits per heavy atom. The third-order valence-electron chi connectivity index (χ3n) is 5.47. The van der Waals surface area contributed by atoms with Gasteiger partial charge in [0, 0.05) is 26.7 Å². The number of nitrogens with zero attached hydrogens (tertiary/aromatic N) is 3. The summed E-state index contributed by atoms with van der Waals surface area (Å²) in [6.07, 6.45) is -0.808. The number of hydrogen-bond acceptors (Lipinski definition) is 4. The lowest BCUT2D eigenvalue weighted by Crippen LogP contribution is -2.41. The molecule has 0 aromatic heterocycles. The van der Waals surface area contributed by atoms with Crippen LogP contribution in [0.15, 0.2) is 77.7 Å². The van der Waals surface area contributed by atoms with E-state index in [9.17, 15) is 13.2 Å². The molecule has 0 N–H and O–H groups in total. The van der Waals surface area contributed by atoms with E-state index in [1.54, 1.807) is 47.4 Å². The minimum absolute atomic E-state index is 0.188. The van der Waals surface area contributed by atoms with Crippen LogP contribution in [0.3, 0.4) is 0 Å². The summed E-state index contributed by atoms with van der Waals surface area (Å²) in [5.74, 6) is -0.226. The van der Waals surface area contributed by atoms with E-state index in [-0.39, 0.29) is 10.8 Å². The Labute approximate surface area is 183 Å². The maximum atomic E-state index is 13.8. The van der Waals surface area contributed by atoms with Crippen molar-refractivity contribution < 1.29 is 13.2 Å². The number of carbonyl (C=O) groups excluding carboxylic acids is 1. The topological polar surface area (TPSA) is 60.9 Å². The number of sulfonamides is 1. The van der Waals surface area contributed by atoms with Gasteiger partial charge < -0.3 is 4.90 Å². The number of fused-ring (bicyclic) bond motifs is 1. The molecule has 7 heteroatoms. The van der Waals surface area contributed by atoms with E-state index in [1.807, 2.05) is 56.3 Å². The molecule has 1 amide bonds. The Kier molecular flexibility index (Phi) is 5.23. The molecule has 31 heavy (non-hydrogen) atoms. The number of aryl methyl sites for hydroxylation is 1. The minimum Gasteiger partial charge on any atom is -0.378 e. The summed E-state index contributed by atoms with van der Waals surface area (Å²) in [4.78, 5) is 16.4. The third-order valence-corrected chi connectivity index (χ3v) is 7.25. The van der Waals surface area contributed by atoms with Crippen LogP contribution < -0.4 is 14.1 Å². The highest BCUT2D eigenvalue weighted by molar-refractivity contribution is 7.92. The van der Waals surface area contributed by atoms with E-state index in [0.29, 0.717) is 16.9 Å². The first-order chi connectivity index (χ1) is 14.7. The van der Waals surface area contributed by atoms with Gasteiger partial charge in [-0.1, -0.05) is 42.0 Å². The number of hydrogen-bond donors (Lipinski definition) is 0. The average Bonchev–Trinajstić information content (AvgIpc) is 3.10. The number of para-hydroxylation sites is 2. The molecule has 0 spiro atoms. The van der Waals surface area contributed by atoms with E-state index < -0.39 is 16.2 Å². The Morgan fingerprint density at radius 1 is 0.871 bits per heavy atom. The summed E-state index contributed by atoms with van der Waals surface area (Å²) in [6, 6.07) is 21.5. The van der Waals surface area contributed by atoms with Crippen molar-refractivity contribution in [1.82, 2.24) is 0 Å². The predicted molar refractivity (Wildman–Crippen MR) is 124 cm³/mol. The summed E-state index contributed by atoms with van der Waals surface area (Å²) >= 11 is 0. The van der Waals surface area contributed by atoms with Crippen molar-refractivity contribution in [1.29, 1.82) is 0 Å². The van der Waals surface area contributed by atoms with Gasteiger partial charge >= 0.3 is 0 Å². The Bertz CT molecular complexity index is 1220. The van der Waals surface area contributed by atoms with Crippen LogP contribution in [-0.4, -0.2) is 28.4 Å². The van der Waals surface area contributed by atoms with Gasteiger partial charge in [-0.25, -0.2) is 12.7 Å². The maximum Gasteiger partial charge on any atom is 0.266 e. The molecule has 0 fully saturated rings. The molecule has 1 unspecified atom stereocenters. The van der Waals surface area contributed by atoms with Gasteiger partial charge in [0.05, 0.1) is 16.3 Å². The highest BCUT2D eigenvalue weighted by Gasteiger charge is 2.45. The molecule has 4 rings (SSSR count). The third kappa shape index (κ3) is 3.55. The number of rotatable bonds is 4. The summed E-state index contributed by atoms with van der Waals surface area (Å²) < 4.78 is 29.0. The van der Waals surface area contributed by atoms with E-state index in [0.717, 1.165) is 11.3 Å². The summed E-state index contributed by atoms with van der Waals surface area (Å²) in [5.41, 5.74) is 3.74. The zero-order chi connectivity index (χ0) is 22.3. The lowest BCUT2D eigenvalue weighted by molar-refractivity contribution is -0.116. The summed E-state index contributed by atoms with van der Waals surface area (Å²) in [7, 11) is -0.0482. The molecular weight excluding hydrogens is 410 g/mol. The van der Waals surface area contributed by atoms with Crippen LogP contribution in [0.5, 0.6) is 0 Å². The van der Waals surface area contributed by atoms with Gasteiger partial charge in [-0.2, -0.15) is 0 Å². The lowest BCUT2D eigenvalue weighted by atomic mass is 10.1. The molecule has 3 aromatic carbocycles. The van der Waals surface area contributed by atoms with Crippen LogP contribution in [0, 0.1) is 6.92 Å². The molecule has 1 atom stereocenters. The number of anilines is 3. The first-order valence-electron chi connectivity index (χ1n) is 9.99. The fourth-order valence-corrected chi connectivity index (χ4v) is 5.48. The number of carbonyl (C=O) groups is 1. The van der Waals surface area contributed by atoms with Crippen LogP contribution in [0.25, 0.3) is 0 Å². The van der Waals surface area contributed by atoms with Crippen LogP contribution in [0.4, 0.5) is 17.1 Å². The fourth-order valence-electron chi connectivity index (χ4n) is 3.88. The average molecular weight is 436 g/mol. The van der Waals surface area contributed by atoms with Crippen LogP contribution in [-0.2, 0) is 14.8 Å². The first-order valence-corrected chi connectivity index (χ1v) is 11.4. The Hall–Kier alpha value is -3.32. The molecular formula is C24H25N3O3S. The van der Waals surface area contributed by atoms with Gasteiger partial charge in [0.2, 0.25) is 5.91 Å². The van der Waals surface area contributed by atoms with E-state index in [1.165, 1.54) is 11.2 Å². The molecule has 1 aliphatic heterocycles. The molecule has 0 aliphatic carbocycles. The molecule has 0 saturated carbocycles.